The third kappa shape index (κ3) is 3.06. The second-order valence-corrected chi connectivity index (χ2v) is 3.41. The zero-order chi connectivity index (χ0) is 10.6. The summed E-state index contributed by atoms with van der Waals surface area (Å²) >= 11 is 1.06. The van der Waals surface area contributed by atoms with E-state index in [-0.39, 0.29) is 11.4 Å². The largest absolute Gasteiger partial charge is 0.481 e. The molecule has 74 valence electrons. The minimum atomic E-state index is -1.12. The number of hydrogen-bond acceptors (Lipinski definition) is 4. The number of aromatic carboxylic acids is 1. The van der Waals surface area contributed by atoms with Crippen molar-refractivity contribution >= 4 is 23.7 Å². The fourth-order valence-electron chi connectivity index (χ4n) is 0.763. The number of carbonyl (C=O) groups is 2. The first-order valence-electron chi connectivity index (χ1n) is 3.63. The van der Waals surface area contributed by atoms with E-state index in [1.807, 2.05) is 0 Å². The van der Waals surface area contributed by atoms with Gasteiger partial charge in [-0.15, -0.1) is 11.8 Å². The normalized spacial score (nSPS) is 9.71. The van der Waals surface area contributed by atoms with Gasteiger partial charge in [-0.1, -0.05) is 0 Å². The first kappa shape index (κ1) is 10.5. The van der Waals surface area contributed by atoms with Crippen LogP contribution in [0.25, 0.3) is 0 Å². The van der Waals surface area contributed by atoms with Gasteiger partial charge in [-0.25, -0.2) is 9.78 Å². The molecule has 14 heavy (non-hydrogen) atoms. The van der Waals surface area contributed by atoms with Crippen LogP contribution in [0.5, 0.6) is 0 Å². The molecule has 0 unspecified atom stereocenters. The van der Waals surface area contributed by atoms with Crippen LogP contribution in [0.3, 0.4) is 0 Å². The molecule has 0 amide bonds. The van der Waals surface area contributed by atoms with Gasteiger partial charge in [0.05, 0.1) is 5.75 Å². The van der Waals surface area contributed by atoms with Crippen LogP contribution in [0.4, 0.5) is 0 Å². The van der Waals surface area contributed by atoms with E-state index in [4.69, 9.17) is 10.2 Å². The molecule has 5 nitrogen and oxygen atoms in total. The van der Waals surface area contributed by atoms with Crippen molar-refractivity contribution in [1.82, 2.24) is 4.98 Å². The summed E-state index contributed by atoms with van der Waals surface area (Å²) < 4.78 is 0. The number of carboxylic acids is 2. The molecule has 0 bridgehead atoms. The Labute approximate surface area is 83.8 Å². The molecule has 1 aromatic heterocycles. The Hall–Kier alpha value is -1.56. The second kappa shape index (κ2) is 4.61. The highest BCUT2D eigenvalue weighted by Crippen LogP contribution is 2.17. The van der Waals surface area contributed by atoms with Crippen LogP contribution >= 0.6 is 11.8 Å². The number of aromatic nitrogens is 1. The van der Waals surface area contributed by atoms with E-state index < -0.39 is 11.9 Å². The number of rotatable bonds is 4. The Kier molecular flexibility index (Phi) is 3.47. The minimum absolute atomic E-state index is 0.0830. The Morgan fingerprint density at radius 1 is 1.43 bits per heavy atom. The molecule has 0 fully saturated rings. The predicted octanol–water partition coefficient (Wildman–Crippen LogP) is 0.957. The number of aliphatic carboxylic acids is 1. The zero-order valence-corrected chi connectivity index (χ0v) is 7.82. The van der Waals surface area contributed by atoms with E-state index in [1.165, 1.54) is 12.3 Å². The number of thioether (sulfide) groups is 1. The molecule has 0 aliphatic carbocycles. The first-order valence-corrected chi connectivity index (χ1v) is 4.62. The molecule has 0 aromatic carbocycles. The summed E-state index contributed by atoms with van der Waals surface area (Å²) in [6, 6.07) is 2.91. The van der Waals surface area contributed by atoms with Crippen molar-refractivity contribution < 1.29 is 19.8 Å². The molecule has 0 aliphatic heterocycles. The molecule has 1 rings (SSSR count). The molecule has 0 saturated heterocycles. The van der Waals surface area contributed by atoms with Crippen molar-refractivity contribution in [3.8, 4) is 0 Å². The van der Waals surface area contributed by atoms with E-state index in [9.17, 15) is 9.59 Å². The summed E-state index contributed by atoms with van der Waals surface area (Å²) in [5.74, 6) is -2.16. The van der Waals surface area contributed by atoms with Gasteiger partial charge < -0.3 is 10.2 Å². The lowest BCUT2D eigenvalue weighted by molar-refractivity contribution is -0.133. The highest BCUT2D eigenvalue weighted by molar-refractivity contribution is 8.00. The third-order valence-corrected chi connectivity index (χ3v) is 2.29. The van der Waals surface area contributed by atoms with Crippen molar-refractivity contribution in [2.24, 2.45) is 0 Å². The molecule has 2 N–H and O–H groups in total. The number of pyridine rings is 1. The molecule has 0 saturated carbocycles. The predicted molar refractivity (Wildman–Crippen MR) is 49.6 cm³/mol. The lowest BCUT2D eigenvalue weighted by Crippen LogP contribution is -2.01. The average molecular weight is 213 g/mol. The van der Waals surface area contributed by atoms with Crippen molar-refractivity contribution in [3.05, 3.63) is 24.0 Å². The minimum Gasteiger partial charge on any atom is -0.481 e. The highest BCUT2D eigenvalue weighted by Gasteiger charge is 2.06. The second-order valence-electron chi connectivity index (χ2n) is 2.36. The van der Waals surface area contributed by atoms with Crippen molar-refractivity contribution in [2.75, 3.05) is 5.75 Å². The fourth-order valence-corrected chi connectivity index (χ4v) is 1.41. The maximum Gasteiger partial charge on any atom is 0.354 e. The van der Waals surface area contributed by atoms with E-state index in [1.54, 1.807) is 6.07 Å². The summed E-state index contributed by atoms with van der Waals surface area (Å²) in [4.78, 5) is 24.9. The van der Waals surface area contributed by atoms with Gasteiger partial charge in [0.15, 0.2) is 0 Å². The zero-order valence-electron chi connectivity index (χ0n) is 7.01. The van der Waals surface area contributed by atoms with E-state index in [2.05, 4.69) is 4.98 Å². The lowest BCUT2D eigenvalue weighted by Gasteiger charge is -1.98. The van der Waals surface area contributed by atoms with Crippen LogP contribution in [0.15, 0.2) is 23.2 Å². The van der Waals surface area contributed by atoms with E-state index >= 15 is 0 Å². The number of hydrogen-bond donors (Lipinski definition) is 2. The van der Waals surface area contributed by atoms with Gasteiger partial charge in [-0.05, 0) is 12.1 Å². The summed E-state index contributed by atoms with van der Waals surface area (Å²) in [5, 5.41) is 17.0. The molecule has 1 heterocycles. The van der Waals surface area contributed by atoms with Crippen LogP contribution in [0, 0.1) is 0 Å². The Balaban J connectivity index is 2.73. The van der Waals surface area contributed by atoms with Crippen molar-refractivity contribution in [1.29, 1.82) is 0 Å². The van der Waals surface area contributed by atoms with Crippen LogP contribution in [0.1, 0.15) is 10.5 Å². The molecule has 0 spiro atoms. The molecule has 0 radical (unpaired) electrons. The first-order chi connectivity index (χ1) is 6.59. The topological polar surface area (TPSA) is 87.5 Å². The van der Waals surface area contributed by atoms with Crippen molar-refractivity contribution in [3.63, 3.8) is 0 Å². The van der Waals surface area contributed by atoms with Crippen molar-refractivity contribution in [2.45, 2.75) is 4.90 Å². The van der Waals surface area contributed by atoms with Gasteiger partial charge in [0.1, 0.15) is 5.69 Å². The van der Waals surface area contributed by atoms with Crippen LogP contribution in [-0.4, -0.2) is 32.9 Å². The van der Waals surface area contributed by atoms with Gasteiger partial charge >= 0.3 is 11.9 Å². The summed E-state index contributed by atoms with van der Waals surface area (Å²) in [6.45, 7) is 0. The van der Waals surface area contributed by atoms with Crippen LogP contribution < -0.4 is 0 Å². The van der Waals surface area contributed by atoms with Gasteiger partial charge in [0.25, 0.3) is 0 Å². The van der Waals surface area contributed by atoms with Crippen LogP contribution in [0.2, 0.25) is 0 Å². The Morgan fingerprint density at radius 3 is 2.71 bits per heavy atom. The van der Waals surface area contributed by atoms with Gasteiger partial charge in [0, 0.05) is 11.1 Å². The highest BCUT2D eigenvalue weighted by atomic mass is 32.2. The monoisotopic (exact) mass is 213 g/mol. The molecule has 0 aliphatic rings. The quantitative estimate of drug-likeness (QED) is 0.724. The SMILES string of the molecule is O=C(O)CSc1ccnc(C(=O)O)c1. The fraction of sp³-hybridized carbons (Fsp3) is 0.125. The molecule has 6 heteroatoms. The third-order valence-electron chi connectivity index (χ3n) is 1.31. The average Bonchev–Trinajstić information content (AvgIpc) is 2.15. The summed E-state index contributed by atoms with van der Waals surface area (Å²) in [6.07, 6.45) is 1.34. The summed E-state index contributed by atoms with van der Waals surface area (Å²) in [5.41, 5.74) is -0.0830. The van der Waals surface area contributed by atoms with Gasteiger partial charge in [0.2, 0.25) is 0 Å². The van der Waals surface area contributed by atoms with Gasteiger partial charge in [-0.2, -0.15) is 0 Å². The molecule has 0 atom stereocenters. The van der Waals surface area contributed by atoms with Gasteiger partial charge in [-0.3, -0.25) is 4.79 Å². The Bertz CT molecular complexity index is 366. The smallest absolute Gasteiger partial charge is 0.354 e. The number of carboxylic acid groups (broad SMARTS) is 2. The molecular formula is C8H7NO4S. The van der Waals surface area contributed by atoms with Crippen LogP contribution in [-0.2, 0) is 4.79 Å². The van der Waals surface area contributed by atoms with E-state index in [0.29, 0.717) is 4.90 Å². The Morgan fingerprint density at radius 2 is 2.14 bits per heavy atom. The maximum absolute atomic E-state index is 10.5. The lowest BCUT2D eigenvalue weighted by atomic mass is 10.3. The molecule has 1 aromatic rings. The standard InChI is InChI=1S/C8H7NO4S/c10-7(11)4-14-5-1-2-9-6(3-5)8(12)13/h1-3H,4H2,(H,10,11)(H,12,13). The molecular weight excluding hydrogens is 206 g/mol. The summed E-state index contributed by atoms with van der Waals surface area (Å²) in [7, 11) is 0. The maximum atomic E-state index is 10.5. The van der Waals surface area contributed by atoms with E-state index in [0.717, 1.165) is 11.8 Å². The number of nitrogens with zero attached hydrogens (tertiary/aromatic N) is 1.